The van der Waals surface area contributed by atoms with E-state index in [1.165, 1.54) is 11.6 Å². The monoisotopic (exact) mass is 357 g/mol. The number of carbonyl (C=O) groups excluding carboxylic acids is 1. The summed E-state index contributed by atoms with van der Waals surface area (Å²) in [6.07, 6.45) is 4.07. The van der Waals surface area contributed by atoms with E-state index in [1.807, 2.05) is 6.07 Å². The van der Waals surface area contributed by atoms with Crippen molar-refractivity contribution in [3.8, 4) is 0 Å². The Morgan fingerprint density at radius 3 is 2.24 bits per heavy atom. The molecular weight excluding hydrogens is 334 g/mol. The fourth-order valence-electron chi connectivity index (χ4n) is 3.42. The predicted octanol–water partition coefficient (Wildman–Crippen LogP) is 3.19. The van der Waals surface area contributed by atoms with Crippen LogP contribution in [0.4, 0.5) is 0 Å². The van der Waals surface area contributed by atoms with Gasteiger partial charge in [0.1, 0.15) is 0 Å². The first kappa shape index (κ1) is 17.7. The summed E-state index contributed by atoms with van der Waals surface area (Å²) in [6.45, 7) is 1.35. The van der Waals surface area contributed by atoms with Gasteiger partial charge < -0.3 is 4.90 Å². The SMILES string of the molecule is CS(=O)(=O)c1ccccc1C(=O)N1CCC(Cc2ccccc2)CC1. The standard InChI is InChI=1S/C20H23NO3S/c1-25(23,24)19-10-6-5-9-18(19)20(22)21-13-11-17(12-14-21)15-16-7-3-2-4-8-16/h2-10,17H,11-15H2,1H3. The number of sulfone groups is 1. The molecule has 0 atom stereocenters. The number of likely N-dealkylation sites (tertiary alicyclic amines) is 1. The molecular formula is C20H23NO3S. The summed E-state index contributed by atoms with van der Waals surface area (Å²) in [5.74, 6) is 0.385. The van der Waals surface area contributed by atoms with Crippen molar-refractivity contribution in [2.45, 2.75) is 24.2 Å². The zero-order valence-electron chi connectivity index (χ0n) is 14.4. The fourth-order valence-corrected chi connectivity index (χ4v) is 4.31. The van der Waals surface area contributed by atoms with E-state index >= 15 is 0 Å². The van der Waals surface area contributed by atoms with E-state index < -0.39 is 9.84 Å². The quantitative estimate of drug-likeness (QED) is 0.844. The Hall–Kier alpha value is -2.14. The van der Waals surface area contributed by atoms with Crippen LogP contribution in [0.25, 0.3) is 0 Å². The van der Waals surface area contributed by atoms with E-state index in [9.17, 15) is 13.2 Å². The van der Waals surface area contributed by atoms with Gasteiger partial charge in [-0.15, -0.1) is 0 Å². The van der Waals surface area contributed by atoms with Crippen LogP contribution in [0, 0.1) is 5.92 Å². The molecule has 1 fully saturated rings. The molecule has 0 saturated carbocycles. The first-order valence-electron chi connectivity index (χ1n) is 8.57. The summed E-state index contributed by atoms with van der Waals surface area (Å²) in [6, 6.07) is 16.9. The highest BCUT2D eigenvalue weighted by Crippen LogP contribution is 2.24. The van der Waals surface area contributed by atoms with Gasteiger partial charge in [-0.1, -0.05) is 42.5 Å². The van der Waals surface area contributed by atoms with Crippen molar-refractivity contribution in [1.82, 2.24) is 4.90 Å². The van der Waals surface area contributed by atoms with Gasteiger partial charge in [-0.05, 0) is 42.9 Å². The molecule has 1 aliphatic rings. The molecule has 1 amide bonds. The molecule has 25 heavy (non-hydrogen) atoms. The average molecular weight is 357 g/mol. The maximum Gasteiger partial charge on any atom is 0.255 e. The van der Waals surface area contributed by atoms with Gasteiger partial charge in [0.25, 0.3) is 5.91 Å². The number of rotatable bonds is 4. The Morgan fingerprint density at radius 1 is 1.00 bits per heavy atom. The zero-order chi connectivity index (χ0) is 17.9. The maximum absolute atomic E-state index is 12.8. The Balaban J connectivity index is 1.67. The molecule has 4 nitrogen and oxygen atoms in total. The minimum Gasteiger partial charge on any atom is -0.339 e. The van der Waals surface area contributed by atoms with Gasteiger partial charge in [0.15, 0.2) is 9.84 Å². The predicted molar refractivity (Wildman–Crippen MR) is 98.3 cm³/mol. The molecule has 0 radical (unpaired) electrons. The number of hydrogen-bond donors (Lipinski definition) is 0. The molecule has 132 valence electrons. The van der Waals surface area contributed by atoms with E-state index in [-0.39, 0.29) is 16.4 Å². The molecule has 1 aliphatic heterocycles. The number of hydrogen-bond acceptors (Lipinski definition) is 3. The normalized spacial score (nSPS) is 16.0. The number of carbonyl (C=O) groups is 1. The lowest BCUT2D eigenvalue weighted by Crippen LogP contribution is -2.39. The van der Waals surface area contributed by atoms with E-state index in [2.05, 4.69) is 24.3 Å². The first-order chi connectivity index (χ1) is 11.9. The molecule has 1 saturated heterocycles. The molecule has 5 heteroatoms. The van der Waals surface area contributed by atoms with Crippen molar-refractivity contribution in [1.29, 1.82) is 0 Å². The van der Waals surface area contributed by atoms with Crippen molar-refractivity contribution in [3.05, 3.63) is 65.7 Å². The second kappa shape index (κ2) is 7.40. The molecule has 0 bridgehead atoms. The van der Waals surface area contributed by atoms with Gasteiger partial charge in [-0.3, -0.25) is 4.79 Å². The lowest BCUT2D eigenvalue weighted by Gasteiger charge is -2.32. The van der Waals surface area contributed by atoms with Crippen LogP contribution in [0.5, 0.6) is 0 Å². The van der Waals surface area contributed by atoms with Gasteiger partial charge in [0, 0.05) is 19.3 Å². The molecule has 1 heterocycles. The largest absolute Gasteiger partial charge is 0.339 e. The van der Waals surface area contributed by atoms with Crippen molar-refractivity contribution >= 4 is 15.7 Å². The molecule has 0 unspecified atom stereocenters. The maximum atomic E-state index is 12.8. The topological polar surface area (TPSA) is 54.5 Å². The minimum atomic E-state index is -3.42. The van der Waals surface area contributed by atoms with Crippen molar-refractivity contribution < 1.29 is 13.2 Å². The molecule has 0 aliphatic carbocycles. The Bertz CT molecular complexity index is 838. The van der Waals surface area contributed by atoms with Gasteiger partial charge in [-0.25, -0.2) is 8.42 Å². The summed E-state index contributed by atoms with van der Waals surface area (Å²) in [5.41, 5.74) is 1.61. The van der Waals surface area contributed by atoms with Crippen molar-refractivity contribution in [3.63, 3.8) is 0 Å². The molecule has 0 spiro atoms. The van der Waals surface area contributed by atoms with Crippen LogP contribution in [0.1, 0.15) is 28.8 Å². The van der Waals surface area contributed by atoms with Gasteiger partial charge in [0.2, 0.25) is 0 Å². The summed E-state index contributed by atoms with van der Waals surface area (Å²) >= 11 is 0. The van der Waals surface area contributed by atoms with E-state index in [0.29, 0.717) is 19.0 Å². The lowest BCUT2D eigenvalue weighted by molar-refractivity contribution is 0.0686. The molecule has 3 rings (SSSR count). The number of amides is 1. The molecule has 2 aromatic rings. The molecule has 2 aromatic carbocycles. The molecule has 0 aromatic heterocycles. The third kappa shape index (κ3) is 4.28. The van der Waals surface area contributed by atoms with Crippen LogP contribution in [0.3, 0.4) is 0 Å². The summed E-state index contributed by atoms with van der Waals surface area (Å²) in [5, 5.41) is 0. The second-order valence-corrected chi connectivity index (χ2v) is 8.68. The molecule has 0 N–H and O–H groups in total. The van der Waals surface area contributed by atoms with Crippen LogP contribution in [0.2, 0.25) is 0 Å². The van der Waals surface area contributed by atoms with Crippen LogP contribution >= 0.6 is 0 Å². The number of piperidine rings is 1. The number of benzene rings is 2. The summed E-state index contributed by atoms with van der Waals surface area (Å²) < 4.78 is 23.9. The van der Waals surface area contributed by atoms with Crippen LogP contribution in [-0.2, 0) is 16.3 Å². The zero-order valence-corrected chi connectivity index (χ0v) is 15.2. The van der Waals surface area contributed by atoms with E-state index in [0.717, 1.165) is 25.5 Å². The highest BCUT2D eigenvalue weighted by molar-refractivity contribution is 7.90. The average Bonchev–Trinajstić information content (AvgIpc) is 2.62. The smallest absolute Gasteiger partial charge is 0.255 e. The minimum absolute atomic E-state index is 0.117. The van der Waals surface area contributed by atoms with Gasteiger partial charge in [-0.2, -0.15) is 0 Å². The van der Waals surface area contributed by atoms with Crippen LogP contribution < -0.4 is 0 Å². The van der Waals surface area contributed by atoms with E-state index in [4.69, 9.17) is 0 Å². The van der Waals surface area contributed by atoms with Gasteiger partial charge >= 0.3 is 0 Å². The summed E-state index contributed by atoms with van der Waals surface area (Å²) in [7, 11) is -3.42. The third-order valence-corrected chi connectivity index (χ3v) is 5.94. The first-order valence-corrected chi connectivity index (χ1v) is 10.5. The van der Waals surface area contributed by atoms with Gasteiger partial charge in [0.05, 0.1) is 10.5 Å². The Morgan fingerprint density at radius 2 is 1.60 bits per heavy atom. The highest BCUT2D eigenvalue weighted by atomic mass is 32.2. The fraction of sp³-hybridized carbons (Fsp3) is 0.350. The highest BCUT2D eigenvalue weighted by Gasteiger charge is 2.26. The Labute approximate surface area is 149 Å². The van der Waals surface area contributed by atoms with Crippen molar-refractivity contribution in [2.75, 3.05) is 19.3 Å². The lowest BCUT2D eigenvalue weighted by atomic mass is 9.90. The van der Waals surface area contributed by atoms with E-state index in [1.54, 1.807) is 23.1 Å². The third-order valence-electron chi connectivity index (χ3n) is 4.79. The van der Waals surface area contributed by atoms with Crippen LogP contribution in [0.15, 0.2) is 59.5 Å². The number of nitrogens with zero attached hydrogens (tertiary/aromatic N) is 1. The summed E-state index contributed by atoms with van der Waals surface area (Å²) in [4.78, 5) is 14.7. The van der Waals surface area contributed by atoms with Crippen LogP contribution in [-0.4, -0.2) is 38.6 Å². The second-order valence-electron chi connectivity index (χ2n) is 6.69. The Kier molecular flexibility index (Phi) is 5.23. The van der Waals surface area contributed by atoms with Crippen molar-refractivity contribution in [2.24, 2.45) is 5.92 Å².